The Morgan fingerprint density at radius 2 is 1.45 bits per heavy atom. The lowest BCUT2D eigenvalue weighted by atomic mass is 10.1. The number of nitro groups is 1. The number of aromatic amines is 1. The first-order valence-corrected chi connectivity index (χ1v) is 12.2. The molecule has 0 spiro atoms. The highest BCUT2D eigenvalue weighted by atomic mass is 16.6. The quantitative estimate of drug-likeness (QED) is 0.188. The summed E-state index contributed by atoms with van der Waals surface area (Å²) >= 11 is 0. The Hall–Kier alpha value is -4.72. The lowest BCUT2D eigenvalue weighted by molar-refractivity contribution is -0.386. The minimum Gasteiger partial charge on any atom is -0.487 e. The van der Waals surface area contributed by atoms with Crippen LogP contribution in [0.4, 0.5) is 5.69 Å². The third-order valence-electron chi connectivity index (χ3n) is 6.05. The number of fused-ring (bicyclic) bond motifs is 1. The lowest BCUT2D eigenvalue weighted by Gasteiger charge is -2.07. The molecule has 3 aromatic heterocycles. The Morgan fingerprint density at radius 3 is 2.05 bits per heavy atom. The summed E-state index contributed by atoms with van der Waals surface area (Å²) in [5, 5.41) is 10.8. The maximum absolute atomic E-state index is 10.8. The van der Waals surface area contributed by atoms with E-state index in [9.17, 15) is 10.1 Å². The first-order valence-electron chi connectivity index (χ1n) is 12.2. The van der Waals surface area contributed by atoms with Crippen molar-refractivity contribution in [2.45, 2.75) is 40.9 Å². The van der Waals surface area contributed by atoms with E-state index in [0.29, 0.717) is 13.2 Å². The van der Waals surface area contributed by atoms with E-state index in [1.807, 2.05) is 37.3 Å². The summed E-state index contributed by atoms with van der Waals surface area (Å²) in [6, 6.07) is 19.6. The number of aromatic nitrogens is 3. The van der Waals surface area contributed by atoms with Crippen LogP contribution in [0.5, 0.6) is 11.5 Å². The zero-order chi connectivity index (χ0) is 27.1. The van der Waals surface area contributed by atoms with Crippen molar-refractivity contribution >= 4 is 16.7 Å². The Morgan fingerprint density at radius 1 is 0.842 bits per heavy atom. The van der Waals surface area contributed by atoms with Crippen LogP contribution in [0.2, 0.25) is 0 Å². The molecule has 8 heteroatoms. The zero-order valence-corrected chi connectivity index (χ0v) is 21.9. The average molecular weight is 511 g/mol. The summed E-state index contributed by atoms with van der Waals surface area (Å²) in [6.45, 7) is 9.07. The van der Waals surface area contributed by atoms with Crippen LogP contribution in [0.15, 0.2) is 79.3 Å². The molecule has 8 nitrogen and oxygen atoms in total. The summed E-state index contributed by atoms with van der Waals surface area (Å²) in [4.78, 5) is 21.8. The van der Waals surface area contributed by atoms with Crippen LogP contribution in [0.1, 0.15) is 33.5 Å². The van der Waals surface area contributed by atoms with Gasteiger partial charge in [-0.1, -0.05) is 59.7 Å². The molecule has 0 fully saturated rings. The number of pyridine rings is 2. The van der Waals surface area contributed by atoms with Crippen molar-refractivity contribution in [3.05, 3.63) is 123 Å². The van der Waals surface area contributed by atoms with Crippen molar-refractivity contribution in [2.24, 2.45) is 0 Å². The van der Waals surface area contributed by atoms with Gasteiger partial charge in [0.2, 0.25) is 5.75 Å². The predicted octanol–water partition coefficient (Wildman–Crippen LogP) is 6.94. The smallest absolute Gasteiger partial charge is 0.329 e. The number of ether oxygens (including phenoxy) is 2. The molecule has 38 heavy (non-hydrogen) atoms. The molecule has 0 unspecified atom stereocenters. The van der Waals surface area contributed by atoms with Crippen LogP contribution >= 0.6 is 0 Å². The SMILES string of the molecule is Cc1cccc(COc2ccnc3c(C)c(C)[nH]c23)c1.Cc1cccc(COc2ccncc2[N+](=O)[O-])c1. The Kier molecular flexibility index (Phi) is 8.33. The minimum atomic E-state index is -0.501. The van der Waals surface area contributed by atoms with Gasteiger partial charge in [-0.25, -0.2) is 0 Å². The summed E-state index contributed by atoms with van der Waals surface area (Å²) in [5.41, 5.74) is 8.69. The molecule has 1 N–H and O–H groups in total. The van der Waals surface area contributed by atoms with E-state index in [1.165, 1.54) is 35.2 Å². The molecule has 0 atom stereocenters. The van der Waals surface area contributed by atoms with E-state index in [4.69, 9.17) is 9.47 Å². The van der Waals surface area contributed by atoms with Crippen LogP contribution in [-0.4, -0.2) is 19.9 Å². The fourth-order valence-electron chi connectivity index (χ4n) is 3.99. The van der Waals surface area contributed by atoms with Crippen LogP contribution in [0.3, 0.4) is 0 Å². The summed E-state index contributed by atoms with van der Waals surface area (Å²) in [5.74, 6) is 1.09. The van der Waals surface area contributed by atoms with Gasteiger partial charge < -0.3 is 14.5 Å². The topological polar surface area (TPSA) is 103 Å². The largest absolute Gasteiger partial charge is 0.487 e. The van der Waals surface area contributed by atoms with Gasteiger partial charge in [0.15, 0.2) is 0 Å². The number of benzene rings is 2. The third-order valence-corrected chi connectivity index (χ3v) is 6.05. The predicted molar refractivity (Wildman–Crippen MR) is 147 cm³/mol. The van der Waals surface area contributed by atoms with E-state index in [2.05, 4.69) is 60.0 Å². The maximum atomic E-state index is 10.8. The van der Waals surface area contributed by atoms with Gasteiger partial charge in [-0.3, -0.25) is 20.1 Å². The molecule has 3 heterocycles. The molecule has 0 aliphatic carbocycles. The first kappa shape index (κ1) is 26.3. The molecule has 0 aliphatic heterocycles. The molecule has 0 aliphatic rings. The van der Waals surface area contributed by atoms with Crippen LogP contribution in [0.25, 0.3) is 11.0 Å². The number of aryl methyl sites for hydroxylation is 4. The molecular formula is C30H30N4O4. The maximum Gasteiger partial charge on any atom is 0.329 e. The summed E-state index contributed by atoms with van der Waals surface area (Å²) < 4.78 is 11.4. The van der Waals surface area contributed by atoms with Gasteiger partial charge >= 0.3 is 5.69 Å². The molecule has 194 valence electrons. The van der Waals surface area contributed by atoms with Crippen LogP contribution in [0, 0.1) is 37.8 Å². The molecule has 0 bridgehead atoms. The lowest BCUT2D eigenvalue weighted by Crippen LogP contribution is -1.99. The molecule has 5 rings (SSSR count). The molecule has 0 radical (unpaired) electrons. The van der Waals surface area contributed by atoms with E-state index in [1.54, 1.807) is 6.20 Å². The van der Waals surface area contributed by atoms with Gasteiger partial charge in [0, 0.05) is 30.2 Å². The van der Waals surface area contributed by atoms with E-state index < -0.39 is 4.92 Å². The van der Waals surface area contributed by atoms with Gasteiger partial charge in [0.25, 0.3) is 0 Å². The summed E-state index contributed by atoms with van der Waals surface area (Å²) in [6.07, 6.45) is 4.46. The molecule has 0 amide bonds. The number of hydrogen-bond acceptors (Lipinski definition) is 6. The number of hydrogen-bond donors (Lipinski definition) is 1. The normalized spacial score (nSPS) is 10.5. The van der Waals surface area contributed by atoms with Crippen LogP contribution in [-0.2, 0) is 13.2 Å². The van der Waals surface area contributed by atoms with Crippen molar-refractivity contribution in [1.82, 2.24) is 15.0 Å². The van der Waals surface area contributed by atoms with E-state index in [-0.39, 0.29) is 11.4 Å². The van der Waals surface area contributed by atoms with Crippen molar-refractivity contribution < 1.29 is 14.4 Å². The number of H-pyrrole nitrogens is 1. The first-order chi connectivity index (χ1) is 18.3. The molecular weight excluding hydrogens is 480 g/mol. The van der Waals surface area contributed by atoms with Gasteiger partial charge in [-0.15, -0.1) is 0 Å². The van der Waals surface area contributed by atoms with Crippen molar-refractivity contribution in [1.29, 1.82) is 0 Å². The zero-order valence-electron chi connectivity index (χ0n) is 21.9. The van der Waals surface area contributed by atoms with Crippen molar-refractivity contribution in [3.8, 4) is 11.5 Å². The third kappa shape index (κ3) is 6.53. The number of rotatable bonds is 7. The molecule has 2 aromatic carbocycles. The van der Waals surface area contributed by atoms with Gasteiger partial charge in [-0.2, -0.15) is 0 Å². The van der Waals surface area contributed by atoms with Crippen molar-refractivity contribution in [3.63, 3.8) is 0 Å². The summed E-state index contributed by atoms with van der Waals surface area (Å²) in [7, 11) is 0. The second-order valence-corrected chi connectivity index (χ2v) is 9.06. The monoisotopic (exact) mass is 510 g/mol. The van der Waals surface area contributed by atoms with Gasteiger partial charge in [0.1, 0.15) is 30.7 Å². The highest BCUT2D eigenvalue weighted by molar-refractivity contribution is 5.85. The minimum absolute atomic E-state index is 0.120. The number of nitrogens with one attached hydrogen (secondary N) is 1. The van der Waals surface area contributed by atoms with Crippen molar-refractivity contribution in [2.75, 3.05) is 0 Å². The fourth-order valence-corrected chi connectivity index (χ4v) is 3.99. The standard InChI is InChI=1S/C17H18N2O.C13H12N2O3/c1-11-5-4-6-14(9-11)10-20-15-7-8-18-16-12(2)13(3)19-17(15)16;1-10-3-2-4-11(7-10)9-18-13-5-6-14-8-12(13)15(16)17/h4-9,19H,10H2,1-3H3;2-8H,9H2,1H3. The second-order valence-electron chi connectivity index (χ2n) is 9.06. The van der Waals surface area contributed by atoms with E-state index >= 15 is 0 Å². The molecule has 0 saturated carbocycles. The van der Waals surface area contributed by atoms with Gasteiger partial charge in [-0.05, 0) is 44.4 Å². The van der Waals surface area contributed by atoms with Gasteiger partial charge in [0.05, 0.1) is 10.4 Å². The van der Waals surface area contributed by atoms with Crippen LogP contribution < -0.4 is 9.47 Å². The fraction of sp³-hybridized carbons (Fsp3) is 0.200. The highest BCUT2D eigenvalue weighted by Gasteiger charge is 2.14. The number of nitrogens with zero attached hydrogens (tertiary/aromatic N) is 3. The Labute approximate surface area is 221 Å². The molecule has 5 aromatic rings. The average Bonchev–Trinajstić information content (AvgIpc) is 3.20. The Balaban J connectivity index is 0.000000178. The van der Waals surface area contributed by atoms with E-state index in [0.717, 1.165) is 33.6 Å². The highest BCUT2D eigenvalue weighted by Crippen LogP contribution is 2.28. The molecule has 0 saturated heterocycles. The Bertz CT molecular complexity index is 1560. The second kappa shape index (κ2) is 12.0.